The topological polar surface area (TPSA) is 73.6 Å². The van der Waals surface area contributed by atoms with Crippen LogP contribution < -0.4 is 20.5 Å². The predicted octanol–water partition coefficient (Wildman–Crippen LogP) is 1.59. The zero-order chi connectivity index (χ0) is 14.4. The van der Waals surface area contributed by atoms with Crippen LogP contribution in [0.15, 0.2) is 18.2 Å². The van der Waals surface area contributed by atoms with Crippen LogP contribution in [-0.2, 0) is 11.3 Å². The van der Waals surface area contributed by atoms with Crippen LogP contribution in [0.3, 0.4) is 0 Å². The maximum atomic E-state index is 11.6. The summed E-state index contributed by atoms with van der Waals surface area (Å²) in [7, 11) is 0. The fourth-order valence-electron chi connectivity index (χ4n) is 1.85. The highest BCUT2D eigenvalue weighted by molar-refractivity contribution is 5.76. The van der Waals surface area contributed by atoms with Crippen LogP contribution >= 0.6 is 0 Å². The molecule has 20 heavy (non-hydrogen) atoms. The van der Waals surface area contributed by atoms with Crippen LogP contribution in [0.4, 0.5) is 0 Å². The van der Waals surface area contributed by atoms with E-state index < -0.39 is 0 Å². The number of nitrogens with one attached hydrogen (secondary N) is 1. The molecule has 1 aromatic carbocycles. The minimum atomic E-state index is 0.0454. The van der Waals surface area contributed by atoms with Gasteiger partial charge < -0.3 is 20.5 Å². The number of carbonyl (C=O) groups is 1. The molecule has 0 heterocycles. The van der Waals surface area contributed by atoms with Gasteiger partial charge in [0.25, 0.3) is 0 Å². The number of benzene rings is 1. The van der Waals surface area contributed by atoms with Gasteiger partial charge >= 0.3 is 0 Å². The average Bonchev–Trinajstić information content (AvgIpc) is 3.24. The van der Waals surface area contributed by atoms with Crippen molar-refractivity contribution in [2.24, 2.45) is 5.73 Å². The molecule has 5 heteroatoms. The number of hydrogen-bond acceptors (Lipinski definition) is 4. The summed E-state index contributed by atoms with van der Waals surface area (Å²) in [6, 6.07) is 6.02. The van der Waals surface area contributed by atoms with Crippen molar-refractivity contribution in [1.82, 2.24) is 5.32 Å². The molecular formula is C15H22N2O3. The molecule has 2 rings (SSSR count). The Morgan fingerprint density at radius 1 is 1.35 bits per heavy atom. The van der Waals surface area contributed by atoms with E-state index in [2.05, 4.69) is 5.32 Å². The SMILES string of the molecule is CCOc1cc(CN)ccc1OCCC(=O)NC1CC1. The zero-order valence-corrected chi connectivity index (χ0v) is 11.9. The molecule has 1 aliphatic carbocycles. The first-order chi connectivity index (χ1) is 9.72. The molecule has 0 unspecified atom stereocenters. The molecule has 110 valence electrons. The van der Waals surface area contributed by atoms with Gasteiger partial charge in [-0.15, -0.1) is 0 Å². The summed E-state index contributed by atoms with van der Waals surface area (Å²) < 4.78 is 11.2. The number of hydrogen-bond donors (Lipinski definition) is 2. The molecule has 5 nitrogen and oxygen atoms in total. The second-order valence-electron chi connectivity index (χ2n) is 4.86. The molecule has 0 saturated heterocycles. The molecule has 3 N–H and O–H groups in total. The molecule has 0 spiro atoms. The first-order valence-corrected chi connectivity index (χ1v) is 7.11. The minimum Gasteiger partial charge on any atom is -0.490 e. The van der Waals surface area contributed by atoms with Gasteiger partial charge in [0.15, 0.2) is 11.5 Å². The molecule has 1 amide bonds. The van der Waals surface area contributed by atoms with Gasteiger partial charge in [-0.05, 0) is 37.5 Å². The third-order valence-corrected chi connectivity index (χ3v) is 3.07. The molecule has 0 radical (unpaired) electrons. The van der Waals surface area contributed by atoms with Crippen molar-refractivity contribution in [3.05, 3.63) is 23.8 Å². The monoisotopic (exact) mass is 278 g/mol. The van der Waals surface area contributed by atoms with E-state index in [1.165, 1.54) is 0 Å². The van der Waals surface area contributed by atoms with Crippen molar-refractivity contribution in [1.29, 1.82) is 0 Å². The first-order valence-electron chi connectivity index (χ1n) is 7.11. The Kier molecular flexibility index (Phi) is 5.24. The van der Waals surface area contributed by atoms with Crippen LogP contribution in [0.5, 0.6) is 11.5 Å². The Balaban J connectivity index is 1.85. The van der Waals surface area contributed by atoms with Crippen LogP contribution in [0.25, 0.3) is 0 Å². The van der Waals surface area contributed by atoms with Crippen molar-refractivity contribution >= 4 is 5.91 Å². The molecule has 1 aliphatic rings. The van der Waals surface area contributed by atoms with E-state index >= 15 is 0 Å². The van der Waals surface area contributed by atoms with E-state index in [0.29, 0.717) is 43.7 Å². The normalized spacial score (nSPS) is 13.9. The predicted molar refractivity (Wildman–Crippen MR) is 76.8 cm³/mol. The van der Waals surface area contributed by atoms with Gasteiger partial charge in [-0.1, -0.05) is 6.07 Å². The smallest absolute Gasteiger partial charge is 0.223 e. The fourth-order valence-corrected chi connectivity index (χ4v) is 1.85. The Labute approximate surface area is 119 Å². The van der Waals surface area contributed by atoms with E-state index in [9.17, 15) is 4.79 Å². The van der Waals surface area contributed by atoms with Gasteiger partial charge in [0.05, 0.1) is 19.6 Å². The van der Waals surface area contributed by atoms with Crippen LogP contribution in [0.2, 0.25) is 0 Å². The summed E-state index contributed by atoms with van der Waals surface area (Å²) in [6.45, 7) is 3.29. The molecule has 1 aromatic rings. The van der Waals surface area contributed by atoms with Gasteiger partial charge in [-0.2, -0.15) is 0 Å². The standard InChI is InChI=1S/C15H22N2O3/c1-2-19-14-9-11(10-16)3-6-13(14)20-8-7-15(18)17-12-4-5-12/h3,6,9,12H,2,4-5,7-8,10,16H2,1H3,(H,17,18). The highest BCUT2D eigenvalue weighted by Crippen LogP contribution is 2.28. The van der Waals surface area contributed by atoms with Crippen LogP contribution in [0.1, 0.15) is 31.7 Å². The fraction of sp³-hybridized carbons (Fsp3) is 0.533. The zero-order valence-electron chi connectivity index (χ0n) is 11.9. The largest absolute Gasteiger partial charge is 0.490 e. The minimum absolute atomic E-state index is 0.0454. The van der Waals surface area contributed by atoms with E-state index in [-0.39, 0.29) is 5.91 Å². The number of rotatable bonds is 8. The average molecular weight is 278 g/mol. The van der Waals surface area contributed by atoms with E-state index in [1.54, 1.807) is 0 Å². The number of carbonyl (C=O) groups excluding carboxylic acids is 1. The van der Waals surface area contributed by atoms with Gasteiger partial charge in [0.1, 0.15) is 0 Å². The quantitative estimate of drug-likeness (QED) is 0.757. The third-order valence-electron chi connectivity index (χ3n) is 3.07. The van der Waals surface area contributed by atoms with Gasteiger partial charge in [-0.25, -0.2) is 0 Å². The summed E-state index contributed by atoms with van der Waals surface area (Å²) in [5.74, 6) is 1.38. The van der Waals surface area contributed by atoms with Crippen molar-refractivity contribution in [2.75, 3.05) is 13.2 Å². The second-order valence-corrected chi connectivity index (χ2v) is 4.86. The maximum Gasteiger partial charge on any atom is 0.223 e. The molecule has 1 fully saturated rings. The Morgan fingerprint density at radius 2 is 2.15 bits per heavy atom. The lowest BCUT2D eigenvalue weighted by Crippen LogP contribution is -2.26. The highest BCUT2D eigenvalue weighted by atomic mass is 16.5. The summed E-state index contributed by atoms with van der Waals surface area (Å²) in [5.41, 5.74) is 6.60. The van der Waals surface area contributed by atoms with Crippen LogP contribution in [0, 0.1) is 0 Å². The molecular weight excluding hydrogens is 256 g/mol. The Morgan fingerprint density at radius 3 is 2.80 bits per heavy atom. The van der Waals surface area contributed by atoms with Gasteiger partial charge in [-0.3, -0.25) is 4.79 Å². The lowest BCUT2D eigenvalue weighted by atomic mass is 10.2. The number of nitrogens with two attached hydrogens (primary N) is 1. The van der Waals surface area contributed by atoms with Crippen molar-refractivity contribution in [2.45, 2.75) is 38.8 Å². The van der Waals surface area contributed by atoms with E-state index in [1.807, 2.05) is 25.1 Å². The first kappa shape index (κ1) is 14.7. The van der Waals surface area contributed by atoms with E-state index in [4.69, 9.17) is 15.2 Å². The summed E-state index contributed by atoms with van der Waals surface area (Å²) in [5, 5.41) is 2.93. The maximum absolute atomic E-state index is 11.6. The van der Waals surface area contributed by atoms with Crippen LogP contribution in [-0.4, -0.2) is 25.2 Å². The summed E-state index contributed by atoms with van der Waals surface area (Å²) in [4.78, 5) is 11.6. The molecule has 0 aromatic heterocycles. The van der Waals surface area contributed by atoms with Gasteiger partial charge in [0.2, 0.25) is 5.91 Å². The molecule has 1 saturated carbocycles. The van der Waals surface area contributed by atoms with Crippen molar-refractivity contribution in [3.63, 3.8) is 0 Å². The molecule has 0 atom stereocenters. The van der Waals surface area contributed by atoms with Crippen molar-refractivity contribution in [3.8, 4) is 11.5 Å². The van der Waals surface area contributed by atoms with E-state index in [0.717, 1.165) is 18.4 Å². The lowest BCUT2D eigenvalue weighted by Gasteiger charge is -2.13. The Hall–Kier alpha value is -1.75. The van der Waals surface area contributed by atoms with Crippen molar-refractivity contribution < 1.29 is 14.3 Å². The molecule has 0 aliphatic heterocycles. The van der Waals surface area contributed by atoms with Gasteiger partial charge in [0, 0.05) is 12.6 Å². The lowest BCUT2D eigenvalue weighted by molar-refractivity contribution is -0.121. The highest BCUT2D eigenvalue weighted by Gasteiger charge is 2.22. The third kappa shape index (κ3) is 4.42. The number of ether oxygens (including phenoxy) is 2. The number of amides is 1. The Bertz CT molecular complexity index is 458. The summed E-state index contributed by atoms with van der Waals surface area (Å²) in [6.07, 6.45) is 2.56. The molecule has 0 bridgehead atoms. The second kappa shape index (κ2) is 7.14. The summed E-state index contributed by atoms with van der Waals surface area (Å²) >= 11 is 0.